The van der Waals surface area contributed by atoms with Crippen LogP contribution < -0.4 is 15.2 Å². The number of primary sulfonamides is 1. The molecule has 5 nitrogen and oxygen atoms in total. The standard InChI is InChI=1S/C14H24N2O3S/c1-4-6-7-11(5-2)16-13-10-12(20(15,17)18)8-9-14(13)19-3/h8-11,16H,4-7H2,1-3H3,(H2,15,17,18). The second-order valence-electron chi connectivity index (χ2n) is 4.80. The molecule has 0 aliphatic carbocycles. The Kier molecular flexibility index (Phi) is 6.29. The van der Waals surface area contributed by atoms with Gasteiger partial charge in [-0.3, -0.25) is 0 Å². The van der Waals surface area contributed by atoms with E-state index in [9.17, 15) is 8.42 Å². The lowest BCUT2D eigenvalue weighted by molar-refractivity contribution is 0.415. The summed E-state index contributed by atoms with van der Waals surface area (Å²) < 4.78 is 28.1. The average Bonchev–Trinajstić information content (AvgIpc) is 2.42. The van der Waals surface area contributed by atoms with Crippen molar-refractivity contribution in [2.45, 2.75) is 50.5 Å². The SMILES string of the molecule is CCCCC(CC)Nc1cc(S(N)(=O)=O)ccc1OC. The summed E-state index contributed by atoms with van der Waals surface area (Å²) in [7, 11) is -2.15. The topological polar surface area (TPSA) is 81.4 Å². The number of nitrogens with two attached hydrogens (primary N) is 1. The maximum Gasteiger partial charge on any atom is 0.238 e. The smallest absolute Gasteiger partial charge is 0.238 e. The van der Waals surface area contributed by atoms with Gasteiger partial charge in [0, 0.05) is 6.04 Å². The Morgan fingerprint density at radius 3 is 2.55 bits per heavy atom. The predicted molar refractivity (Wildman–Crippen MR) is 81.6 cm³/mol. The minimum Gasteiger partial charge on any atom is -0.495 e. The maximum atomic E-state index is 11.4. The number of ether oxygens (including phenoxy) is 1. The highest BCUT2D eigenvalue weighted by Crippen LogP contribution is 2.28. The molecule has 1 rings (SSSR count). The zero-order valence-electron chi connectivity index (χ0n) is 12.3. The largest absolute Gasteiger partial charge is 0.495 e. The van der Waals surface area contributed by atoms with Gasteiger partial charge in [-0.1, -0.05) is 26.7 Å². The lowest BCUT2D eigenvalue weighted by Crippen LogP contribution is -2.19. The summed E-state index contributed by atoms with van der Waals surface area (Å²) in [5, 5.41) is 8.51. The molecule has 1 aromatic carbocycles. The molecule has 0 radical (unpaired) electrons. The summed E-state index contributed by atoms with van der Waals surface area (Å²) in [6, 6.07) is 4.89. The molecule has 0 bridgehead atoms. The van der Waals surface area contributed by atoms with Crippen LogP contribution in [0.1, 0.15) is 39.5 Å². The van der Waals surface area contributed by atoms with E-state index in [0.29, 0.717) is 17.5 Å². The van der Waals surface area contributed by atoms with E-state index < -0.39 is 10.0 Å². The molecule has 0 saturated carbocycles. The third kappa shape index (κ3) is 4.68. The van der Waals surface area contributed by atoms with E-state index in [1.807, 2.05) is 0 Å². The van der Waals surface area contributed by atoms with Crippen molar-refractivity contribution in [2.75, 3.05) is 12.4 Å². The fourth-order valence-corrected chi connectivity index (χ4v) is 2.57. The highest BCUT2D eigenvalue weighted by Gasteiger charge is 2.14. The van der Waals surface area contributed by atoms with E-state index in [4.69, 9.17) is 9.88 Å². The van der Waals surface area contributed by atoms with Crippen LogP contribution in [-0.2, 0) is 10.0 Å². The van der Waals surface area contributed by atoms with Gasteiger partial charge < -0.3 is 10.1 Å². The number of benzene rings is 1. The molecule has 0 saturated heterocycles. The summed E-state index contributed by atoms with van der Waals surface area (Å²) in [5.74, 6) is 0.618. The molecule has 0 fully saturated rings. The van der Waals surface area contributed by atoms with Crippen LogP contribution in [0.25, 0.3) is 0 Å². The van der Waals surface area contributed by atoms with Gasteiger partial charge in [0.05, 0.1) is 17.7 Å². The van der Waals surface area contributed by atoms with Crippen LogP contribution >= 0.6 is 0 Å². The number of sulfonamides is 1. The fourth-order valence-electron chi connectivity index (χ4n) is 2.03. The Hall–Kier alpha value is -1.27. The zero-order chi connectivity index (χ0) is 15.2. The van der Waals surface area contributed by atoms with Crippen LogP contribution in [0.2, 0.25) is 0 Å². The first-order valence-corrected chi connectivity index (χ1v) is 8.44. The molecule has 3 N–H and O–H groups in total. The van der Waals surface area contributed by atoms with Crippen molar-refractivity contribution in [1.82, 2.24) is 0 Å². The van der Waals surface area contributed by atoms with Crippen molar-refractivity contribution >= 4 is 15.7 Å². The molecule has 1 unspecified atom stereocenters. The van der Waals surface area contributed by atoms with Gasteiger partial charge in [-0.2, -0.15) is 0 Å². The van der Waals surface area contributed by atoms with Crippen LogP contribution in [-0.4, -0.2) is 21.6 Å². The fraction of sp³-hybridized carbons (Fsp3) is 0.571. The van der Waals surface area contributed by atoms with E-state index in [0.717, 1.165) is 25.7 Å². The van der Waals surface area contributed by atoms with Gasteiger partial charge in [0.15, 0.2) is 0 Å². The van der Waals surface area contributed by atoms with Crippen molar-refractivity contribution in [1.29, 1.82) is 0 Å². The van der Waals surface area contributed by atoms with Gasteiger partial charge in [-0.05, 0) is 31.0 Å². The normalized spacial score (nSPS) is 13.0. The minimum atomic E-state index is -3.71. The highest BCUT2D eigenvalue weighted by atomic mass is 32.2. The third-order valence-electron chi connectivity index (χ3n) is 3.26. The number of nitrogens with one attached hydrogen (secondary N) is 1. The monoisotopic (exact) mass is 300 g/mol. The molecule has 6 heteroatoms. The van der Waals surface area contributed by atoms with Gasteiger partial charge in [-0.25, -0.2) is 13.6 Å². The second kappa shape index (κ2) is 7.50. The molecule has 0 aliphatic heterocycles. The molecule has 0 aromatic heterocycles. The Morgan fingerprint density at radius 1 is 1.35 bits per heavy atom. The summed E-state index contributed by atoms with van der Waals surface area (Å²) in [4.78, 5) is 0.0890. The van der Waals surface area contributed by atoms with E-state index in [1.165, 1.54) is 12.1 Å². The lowest BCUT2D eigenvalue weighted by atomic mass is 10.1. The molecule has 114 valence electrons. The van der Waals surface area contributed by atoms with Crippen LogP contribution in [0, 0.1) is 0 Å². The molecule has 20 heavy (non-hydrogen) atoms. The van der Waals surface area contributed by atoms with Gasteiger partial charge >= 0.3 is 0 Å². The predicted octanol–water partition coefficient (Wildman–Crippen LogP) is 2.72. The zero-order valence-corrected chi connectivity index (χ0v) is 13.2. The van der Waals surface area contributed by atoms with E-state index in [-0.39, 0.29) is 4.90 Å². The lowest BCUT2D eigenvalue weighted by Gasteiger charge is -2.20. The quantitative estimate of drug-likeness (QED) is 0.773. The molecule has 1 aromatic rings. The summed E-state index contributed by atoms with van der Waals surface area (Å²) in [5.41, 5.74) is 0.668. The van der Waals surface area contributed by atoms with E-state index in [1.54, 1.807) is 13.2 Å². The number of hydrogen-bond acceptors (Lipinski definition) is 4. The third-order valence-corrected chi connectivity index (χ3v) is 4.17. The molecule has 0 heterocycles. The molecule has 0 spiro atoms. The van der Waals surface area contributed by atoms with Crippen molar-refractivity contribution in [3.8, 4) is 5.75 Å². The molecule has 0 aliphatic rings. The second-order valence-corrected chi connectivity index (χ2v) is 6.36. The molecule has 0 amide bonds. The first-order chi connectivity index (χ1) is 9.42. The summed E-state index contributed by atoms with van der Waals surface area (Å²) >= 11 is 0. The van der Waals surface area contributed by atoms with Gasteiger partial charge in [-0.15, -0.1) is 0 Å². The number of hydrogen-bond donors (Lipinski definition) is 2. The molecule has 1 atom stereocenters. The average molecular weight is 300 g/mol. The molecular formula is C14H24N2O3S. The van der Waals surface area contributed by atoms with E-state index >= 15 is 0 Å². The van der Waals surface area contributed by atoms with Crippen molar-refractivity contribution in [3.63, 3.8) is 0 Å². The van der Waals surface area contributed by atoms with Gasteiger partial charge in [0.2, 0.25) is 10.0 Å². The molecular weight excluding hydrogens is 276 g/mol. The number of methoxy groups -OCH3 is 1. The van der Waals surface area contributed by atoms with Crippen LogP contribution in [0.3, 0.4) is 0 Å². The summed E-state index contributed by atoms with van der Waals surface area (Å²) in [6.07, 6.45) is 4.26. The highest BCUT2D eigenvalue weighted by molar-refractivity contribution is 7.89. The van der Waals surface area contributed by atoms with Gasteiger partial charge in [0.1, 0.15) is 5.75 Å². The van der Waals surface area contributed by atoms with Crippen molar-refractivity contribution in [2.24, 2.45) is 5.14 Å². The van der Waals surface area contributed by atoms with Crippen molar-refractivity contribution < 1.29 is 13.2 Å². The van der Waals surface area contributed by atoms with Crippen LogP contribution in [0.4, 0.5) is 5.69 Å². The Morgan fingerprint density at radius 2 is 2.05 bits per heavy atom. The minimum absolute atomic E-state index is 0.0890. The van der Waals surface area contributed by atoms with Crippen molar-refractivity contribution in [3.05, 3.63) is 18.2 Å². The number of unbranched alkanes of at least 4 members (excludes halogenated alkanes) is 1. The Bertz CT molecular complexity index is 529. The van der Waals surface area contributed by atoms with Crippen LogP contribution in [0.15, 0.2) is 23.1 Å². The first kappa shape index (κ1) is 16.8. The first-order valence-electron chi connectivity index (χ1n) is 6.89. The van der Waals surface area contributed by atoms with Gasteiger partial charge in [0.25, 0.3) is 0 Å². The Labute approximate surface area is 121 Å². The maximum absolute atomic E-state index is 11.4. The van der Waals surface area contributed by atoms with E-state index in [2.05, 4.69) is 19.2 Å². The number of anilines is 1. The summed E-state index contributed by atoms with van der Waals surface area (Å²) in [6.45, 7) is 4.25. The Balaban J connectivity index is 3.01. The number of rotatable bonds is 8. The van der Waals surface area contributed by atoms with Crippen LogP contribution in [0.5, 0.6) is 5.75 Å².